The lowest BCUT2D eigenvalue weighted by Crippen LogP contribution is -2.31. The van der Waals surface area contributed by atoms with Gasteiger partial charge in [0.25, 0.3) is 0 Å². The van der Waals surface area contributed by atoms with Crippen LogP contribution in [0.3, 0.4) is 0 Å². The summed E-state index contributed by atoms with van der Waals surface area (Å²) in [5.74, 6) is 0.552. The molecule has 138 valence electrons. The van der Waals surface area contributed by atoms with E-state index in [-0.39, 0.29) is 24.2 Å². The van der Waals surface area contributed by atoms with Crippen molar-refractivity contribution < 1.29 is 13.6 Å². The number of benzene rings is 2. The smallest absolute Gasteiger partial charge is 0.225 e. The minimum Gasteiger partial charge on any atom is -0.464 e. The molecule has 0 spiro atoms. The Morgan fingerprint density at radius 1 is 1.26 bits per heavy atom. The highest BCUT2D eigenvalue weighted by atomic mass is 32.2. The van der Waals surface area contributed by atoms with Crippen LogP contribution >= 0.6 is 11.8 Å². The Morgan fingerprint density at radius 2 is 2.11 bits per heavy atom. The van der Waals surface area contributed by atoms with Crippen LogP contribution in [-0.2, 0) is 24.1 Å². The maximum Gasteiger partial charge on any atom is 0.225 e. The van der Waals surface area contributed by atoms with Gasteiger partial charge in [-0.15, -0.1) is 11.8 Å². The highest BCUT2D eigenvalue weighted by Crippen LogP contribution is 2.38. The third-order valence-corrected chi connectivity index (χ3v) is 6.74. The molecule has 0 bridgehead atoms. The minimum atomic E-state index is -0.203. The molecule has 0 radical (unpaired) electrons. The van der Waals surface area contributed by atoms with Gasteiger partial charge < -0.3 is 9.73 Å². The molecule has 3 nitrogen and oxygen atoms in total. The lowest BCUT2D eigenvalue weighted by atomic mass is 10.0. The van der Waals surface area contributed by atoms with Crippen LogP contribution in [0, 0.1) is 5.82 Å². The largest absolute Gasteiger partial charge is 0.464 e. The molecule has 2 aliphatic rings. The van der Waals surface area contributed by atoms with Gasteiger partial charge in [0, 0.05) is 21.6 Å². The molecule has 1 aromatic heterocycles. The molecule has 1 amide bonds. The normalized spacial score (nSPS) is 18.3. The molecule has 1 N–H and O–H groups in total. The Labute approximate surface area is 161 Å². The predicted octanol–water partition coefficient (Wildman–Crippen LogP) is 4.96. The highest BCUT2D eigenvalue weighted by Gasteiger charge is 2.25. The minimum absolute atomic E-state index is 0.0506. The molecule has 0 saturated heterocycles. The average Bonchev–Trinajstić information content (AvgIpc) is 3.27. The molecule has 2 heterocycles. The number of aryl methyl sites for hydroxylation is 2. The van der Waals surface area contributed by atoms with Crippen molar-refractivity contribution in [3.05, 3.63) is 64.7 Å². The van der Waals surface area contributed by atoms with Gasteiger partial charge in [0.05, 0.1) is 18.7 Å². The van der Waals surface area contributed by atoms with E-state index in [9.17, 15) is 9.18 Å². The predicted molar refractivity (Wildman–Crippen MR) is 105 cm³/mol. The molecule has 1 atom stereocenters. The van der Waals surface area contributed by atoms with Crippen molar-refractivity contribution >= 4 is 28.6 Å². The van der Waals surface area contributed by atoms with E-state index in [2.05, 4.69) is 17.4 Å². The Kier molecular flexibility index (Phi) is 4.20. The van der Waals surface area contributed by atoms with Crippen molar-refractivity contribution in [1.29, 1.82) is 0 Å². The number of carbonyl (C=O) groups excluding carboxylic acids is 1. The average molecular weight is 381 g/mol. The van der Waals surface area contributed by atoms with Crippen molar-refractivity contribution in [2.45, 2.75) is 43.0 Å². The zero-order chi connectivity index (χ0) is 18.4. The summed E-state index contributed by atoms with van der Waals surface area (Å²) in [7, 11) is 0. The van der Waals surface area contributed by atoms with Crippen LogP contribution < -0.4 is 5.32 Å². The first-order valence-corrected chi connectivity index (χ1v) is 10.4. The maximum atomic E-state index is 14.0. The number of nitrogens with one attached hydrogen (secondary N) is 1. The maximum absolute atomic E-state index is 14.0. The third kappa shape index (κ3) is 3.04. The molecule has 5 rings (SSSR count). The van der Waals surface area contributed by atoms with Crippen molar-refractivity contribution in [2.24, 2.45) is 0 Å². The van der Waals surface area contributed by atoms with Crippen molar-refractivity contribution in [3.63, 3.8) is 0 Å². The quantitative estimate of drug-likeness (QED) is 0.697. The van der Waals surface area contributed by atoms with E-state index in [1.165, 1.54) is 35.4 Å². The van der Waals surface area contributed by atoms with Crippen LogP contribution in [0.15, 0.2) is 45.9 Å². The number of hydrogen-bond donors (Lipinski definition) is 1. The number of amides is 1. The van der Waals surface area contributed by atoms with Gasteiger partial charge in [0.1, 0.15) is 11.4 Å². The summed E-state index contributed by atoms with van der Waals surface area (Å²) in [4.78, 5) is 13.4. The van der Waals surface area contributed by atoms with E-state index in [1.54, 1.807) is 12.3 Å². The first kappa shape index (κ1) is 16.9. The van der Waals surface area contributed by atoms with E-state index in [0.717, 1.165) is 47.1 Å². The number of thioether (sulfide) groups is 1. The summed E-state index contributed by atoms with van der Waals surface area (Å²) < 4.78 is 19.7. The molecule has 2 aromatic carbocycles. The standard InChI is InChI=1S/C22H20FNO2S/c23-18-6-2-5-16-19(7-8-27-22(16)18)24-21(25)11-15-12-26-20-10-14-4-1-3-13(14)9-17(15)20/h2,5-6,9-10,12,19H,1,3-4,7-8,11H2,(H,24,25)/t19-/m0/s1. The molecule has 27 heavy (non-hydrogen) atoms. The van der Waals surface area contributed by atoms with Gasteiger partial charge in [0.2, 0.25) is 5.91 Å². The number of fused-ring (bicyclic) bond motifs is 3. The van der Waals surface area contributed by atoms with Crippen LogP contribution in [-0.4, -0.2) is 11.7 Å². The Hall–Kier alpha value is -2.27. The van der Waals surface area contributed by atoms with Crippen LogP contribution in [0.25, 0.3) is 11.0 Å². The van der Waals surface area contributed by atoms with Gasteiger partial charge in [-0.05, 0) is 60.6 Å². The Bertz CT molecular complexity index is 1040. The number of carbonyl (C=O) groups is 1. The lowest BCUT2D eigenvalue weighted by molar-refractivity contribution is -0.121. The monoisotopic (exact) mass is 381 g/mol. The fraction of sp³-hybridized carbons (Fsp3) is 0.318. The molecule has 1 aliphatic heterocycles. The summed E-state index contributed by atoms with van der Waals surface area (Å²) >= 11 is 1.52. The van der Waals surface area contributed by atoms with Crippen molar-refractivity contribution in [3.8, 4) is 0 Å². The van der Waals surface area contributed by atoms with Gasteiger partial charge >= 0.3 is 0 Å². The van der Waals surface area contributed by atoms with Gasteiger partial charge in [-0.3, -0.25) is 4.79 Å². The van der Waals surface area contributed by atoms with Gasteiger partial charge in [0.15, 0.2) is 0 Å². The van der Waals surface area contributed by atoms with E-state index in [0.29, 0.717) is 4.90 Å². The second kappa shape index (κ2) is 6.71. The molecule has 0 unspecified atom stereocenters. The summed E-state index contributed by atoms with van der Waals surface area (Å²) in [6.45, 7) is 0. The third-order valence-electron chi connectivity index (χ3n) is 5.58. The van der Waals surface area contributed by atoms with E-state index in [1.807, 2.05) is 6.07 Å². The first-order chi connectivity index (χ1) is 13.2. The summed E-state index contributed by atoms with van der Waals surface area (Å²) in [6, 6.07) is 9.27. The van der Waals surface area contributed by atoms with Crippen molar-refractivity contribution in [2.75, 3.05) is 5.75 Å². The molecule has 3 aromatic rings. The molecule has 0 saturated carbocycles. The van der Waals surface area contributed by atoms with Gasteiger partial charge in [-0.1, -0.05) is 12.1 Å². The van der Waals surface area contributed by atoms with Crippen LogP contribution in [0.4, 0.5) is 4.39 Å². The van der Waals surface area contributed by atoms with Gasteiger partial charge in [-0.25, -0.2) is 4.39 Å². The summed E-state index contributed by atoms with van der Waals surface area (Å²) in [6.07, 6.45) is 6.19. The zero-order valence-corrected chi connectivity index (χ0v) is 15.7. The fourth-order valence-corrected chi connectivity index (χ4v) is 5.38. The summed E-state index contributed by atoms with van der Waals surface area (Å²) in [5.41, 5.74) is 5.40. The number of hydrogen-bond acceptors (Lipinski definition) is 3. The number of rotatable bonds is 3. The molecule has 5 heteroatoms. The Morgan fingerprint density at radius 3 is 3.00 bits per heavy atom. The van der Waals surface area contributed by atoms with Crippen molar-refractivity contribution in [1.82, 2.24) is 5.32 Å². The number of furan rings is 1. The second-order valence-electron chi connectivity index (χ2n) is 7.32. The highest BCUT2D eigenvalue weighted by molar-refractivity contribution is 7.99. The molecule has 0 fully saturated rings. The molecule has 1 aliphatic carbocycles. The first-order valence-electron chi connectivity index (χ1n) is 9.41. The lowest BCUT2D eigenvalue weighted by Gasteiger charge is -2.26. The van der Waals surface area contributed by atoms with E-state index < -0.39 is 0 Å². The molecular formula is C22H20FNO2S. The fourth-order valence-electron chi connectivity index (χ4n) is 4.24. The van der Waals surface area contributed by atoms with Crippen LogP contribution in [0.2, 0.25) is 0 Å². The van der Waals surface area contributed by atoms with E-state index in [4.69, 9.17) is 4.42 Å². The van der Waals surface area contributed by atoms with E-state index >= 15 is 0 Å². The topological polar surface area (TPSA) is 42.2 Å². The number of halogens is 1. The second-order valence-corrected chi connectivity index (χ2v) is 8.43. The Balaban J connectivity index is 1.36. The van der Waals surface area contributed by atoms with Gasteiger partial charge in [-0.2, -0.15) is 0 Å². The summed E-state index contributed by atoms with van der Waals surface area (Å²) in [5, 5.41) is 4.14. The SMILES string of the molecule is O=C(Cc1coc2cc3c(cc12)CCC3)N[C@H]1CCSc2c(F)cccc21. The van der Waals surface area contributed by atoms with Crippen LogP contribution in [0.1, 0.15) is 41.1 Å². The molecular weight excluding hydrogens is 361 g/mol. The zero-order valence-electron chi connectivity index (χ0n) is 14.9. The van der Waals surface area contributed by atoms with Crippen LogP contribution in [0.5, 0.6) is 0 Å².